The molecule has 5 aromatic rings. The van der Waals surface area contributed by atoms with Crippen LogP contribution in [0, 0.1) is 10.1 Å². The van der Waals surface area contributed by atoms with E-state index in [9.17, 15) is 14.9 Å². The third kappa shape index (κ3) is 3.69. The van der Waals surface area contributed by atoms with Crippen molar-refractivity contribution in [3.05, 3.63) is 70.8 Å². The van der Waals surface area contributed by atoms with Crippen LogP contribution in [-0.4, -0.2) is 26.1 Å². The second-order valence-corrected chi connectivity index (χ2v) is 9.47. The molecule has 0 spiro atoms. The van der Waals surface area contributed by atoms with Gasteiger partial charge in [-0.1, -0.05) is 30.0 Å². The van der Waals surface area contributed by atoms with Gasteiger partial charge in [-0.15, -0.1) is 11.3 Å². The van der Waals surface area contributed by atoms with Gasteiger partial charge in [0.05, 0.1) is 20.9 Å². The van der Waals surface area contributed by atoms with Crippen molar-refractivity contribution in [3.8, 4) is 0 Å². The summed E-state index contributed by atoms with van der Waals surface area (Å²) in [6.45, 7) is 3.00. The molecule has 160 valence electrons. The third-order valence-electron chi connectivity index (χ3n) is 5.26. The van der Waals surface area contributed by atoms with Crippen LogP contribution < -0.4 is 5.32 Å². The molecule has 0 saturated carbocycles. The first-order chi connectivity index (χ1) is 15.5. The van der Waals surface area contributed by atoms with Gasteiger partial charge in [-0.05, 0) is 37.3 Å². The van der Waals surface area contributed by atoms with Crippen LogP contribution in [0.4, 0.5) is 11.4 Å². The summed E-state index contributed by atoms with van der Waals surface area (Å²) in [4.78, 5) is 27.5. The predicted molar refractivity (Wildman–Crippen MR) is 131 cm³/mol. The topological polar surface area (TPSA) is 90.1 Å². The zero-order valence-electron chi connectivity index (χ0n) is 17.1. The smallest absolute Gasteiger partial charge is 0.270 e. The van der Waals surface area contributed by atoms with E-state index in [0.29, 0.717) is 9.86 Å². The molecular weight excluding hydrogens is 444 g/mol. The summed E-state index contributed by atoms with van der Waals surface area (Å²) < 4.78 is 3.71. The molecule has 2 aromatic heterocycles. The summed E-state index contributed by atoms with van der Waals surface area (Å²) in [6, 6.07) is 18.8. The Bertz CT molecular complexity index is 1510. The highest BCUT2D eigenvalue weighted by molar-refractivity contribution is 8.01. The number of hydrogen-bond acceptors (Lipinski definition) is 6. The monoisotopic (exact) mass is 462 g/mol. The van der Waals surface area contributed by atoms with Crippen molar-refractivity contribution in [3.63, 3.8) is 0 Å². The molecule has 3 aromatic carbocycles. The zero-order chi connectivity index (χ0) is 22.2. The number of aryl methyl sites for hydroxylation is 1. The number of non-ortho nitro benzene ring substituents is 1. The number of para-hydroxylation sites is 1. The summed E-state index contributed by atoms with van der Waals surface area (Å²) in [5, 5.41) is 16.2. The van der Waals surface area contributed by atoms with Gasteiger partial charge in [-0.25, -0.2) is 4.98 Å². The number of benzene rings is 3. The molecule has 0 aliphatic heterocycles. The maximum absolute atomic E-state index is 12.6. The van der Waals surface area contributed by atoms with E-state index >= 15 is 0 Å². The van der Waals surface area contributed by atoms with Crippen LogP contribution in [0.1, 0.15) is 6.92 Å². The molecule has 2 heterocycles. The van der Waals surface area contributed by atoms with E-state index < -0.39 is 4.92 Å². The second-order valence-electron chi connectivity index (χ2n) is 7.22. The average molecular weight is 463 g/mol. The number of carbonyl (C=O) groups excluding carboxylic acids is 1. The number of aromatic nitrogens is 2. The Morgan fingerprint density at radius 2 is 1.94 bits per heavy atom. The summed E-state index contributed by atoms with van der Waals surface area (Å²) in [6.07, 6.45) is 0. The minimum atomic E-state index is -0.422. The van der Waals surface area contributed by atoms with Gasteiger partial charge in [0.2, 0.25) is 5.91 Å². The molecule has 1 amide bonds. The van der Waals surface area contributed by atoms with Crippen molar-refractivity contribution in [2.75, 3.05) is 11.1 Å². The second kappa shape index (κ2) is 8.25. The normalized spacial score (nSPS) is 11.4. The zero-order valence-corrected chi connectivity index (χ0v) is 18.7. The average Bonchev–Trinajstić information content (AvgIpc) is 3.35. The maximum Gasteiger partial charge on any atom is 0.270 e. The Morgan fingerprint density at radius 3 is 2.75 bits per heavy atom. The molecule has 9 heteroatoms. The molecule has 0 unspecified atom stereocenters. The molecular formula is C23H18N4O3S2. The van der Waals surface area contributed by atoms with Gasteiger partial charge in [0.1, 0.15) is 0 Å². The third-order valence-corrected chi connectivity index (χ3v) is 7.42. The number of nitro benzene ring substituents is 1. The van der Waals surface area contributed by atoms with Crippen molar-refractivity contribution in [1.82, 2.24) is 9.55 Å². The number of thiazole rings is 1. The minimum Gasteiger partial charge on any atom is -0.341 e. The molecule has 0 fully saturated rings. The van der Waals surface area contributed by atoms with Crippen molar-refractivity contribution >= 4 is 72.4 Å². The highest BCUT2D eigenvalue weighted by Crippen LogP contribution is 2.33. The Balaban J connectivity index is 1.32. The van der Waals surface area contributed by atoms with Crippen LogP contribution in [0.3, 0.4) is 0 Å². The molecule has 32 heavy (non-hydrogen) atoms. The maximum atomic E-state index is 12.6. The van der Waals surface area contributed by atoms with E-state index in [2.05, 4.69) is 33.9 Å². The summed E-state index contributed by atoms with van der Waals surface area (Å²) >= 11 is 2.67. The number of anilines is 1. The summed E-state index contributed by atoms with van der Waals surface area (Å²) in [5.41, 5.74) is 3.81. The Morgan fingerprint density at radius 1 is 1.12 bits per heavy atom. The number of fused-ring (bicyclic) bond motifs is 4. The molecule has 5 rings (SSSR count). The van der Waals surface area contributed by atoms with Gasteiger partial charge in [0.15, 0.2) is 4.34 Å². The Labute approximate surface area is 191 Å². The molecule has 0 aliphatic rings. The standard InChI is InChI=1S/C23H18N4O3S2/c1-2-26-19-6-4-3-5-16(19)17-11-14(7-10-20(17)26)24-22(28)13-31-23-25-18-9-8-15(27(29)30)12-21(18)32-23/h3-12H,2,13H2,1H3,(H,24,28). The highest BCUT2D eigenvalue weighted by Gasteiger charge is 2.13. The number of thioether (sulfide) groups is 1. The van der Waals surface area contributed by atoms with Gasteiger partial charge >= 0.3 is 0 Å². The van der Waals surface area contributed by atoms with Gasteiger partial charge in [-0.2, -0.15) is 0 Å². The number of nitrogens with zero attached hydrogens (tertiary/aromatic N) is 3. The van der Waals surface area contributed by atoms with E-state index in [1.807, 2.05) is 30.3 Å². The largest absolute Gasteiger partial charge is 0.341 e. The molecule has 0 bridgehead atoms. The fourth-order valence-corrected chi connectivity index (χ4v) is 5.77. The molecule has 1 N–H and O–H groups in total. The highest BCUT2D eigenvalue weighted by atomic mass is 32.2. The number of amides is 1. The van der Waals surface area contributed by atoms with Crippen molar-refractivity contribution in [2.45, 2.75) is 17.8 Å². The number of hydrogen-bond donors (Lipinski definition) is 1. The van der Waals surface area contributed by atoms with Crippen LogP contribution in [0.25, 0.3) is 32.0 Å². The van der Waals surface area contributed by atoms with Crippen LogP contribution >= 0.6 is 23.1 Å². The molecule has 0 aliphatic carbocycles. The van der Waals surface area contributed by atoms with Crippen molar-refractivity contribution in [2.24, 2.45) is 0 Å². The predicted octanol–water partition coefficient (Wildman–Crippen LogP) is 6.06. The Kier molecular flexibility index (Phi) is 5.28. The van der Waals surface area contributed by atoms with Gasteiger partial charge < -0.3 is 9.88 Å². The van der Waals surface area contributed by atoms with Gasteiger partial charge in [0, 0.05) is 46.2 Å². The van der Waals surface area contributed by atoms with E-state index in [0.717, 1.165) is 27.8 Å². The van der Waals surface area contributed by atoms with Crippen LogP contribution in [0.5, 0.6) is 0 Å². The number of carbonyl (C=O) groups is 1. The van der Waals surface area contributed by atoms with Crippen molar-refractivity contribution in [1.29, 1.82) is 0 Å². The van der Waals surface area contributed by atoms with Gasteiger partial charge in [-0.3, -0.25) is 14.9 Å². The van der Waals surface area contributed by atoms with Crippen LogP contribution in [0.2, 0.25) is 0 Å². The molecule has 0 saturated heterocycles. The molecule has 7 nitrogen and oxygen atoms in total. The Hall–Kier alpha value is -3.43. The fourth-order valence-electron chi connectivity index (χ4n) is 3.86. The first kappa shape index (κ1) is 20.5. The van der Waals surface area contributed by atoms with E-state index in [1.54, 1.807) is 6.07 Å². The lowest BCUT2D eigenvalue weighted by Gasteiger charge is -2.06. The first-order valence-electron chi connectivity index (χ1n) is 10.0. The lowest BCUT2D eigenvalue weighted by Crippen LogP contribution is -2.13. The number of nitro groups is 1. The molecule has 0 radical (unpaired) electrons. The quantitative estimate of drug-likeness (QED) is 0.188. The fraction of sp³-hybridized carbons (Fsp3) is 0.130. The SMILES string of the molecule is CCn1c2ccccc2c2cc(NC(=O)CSc3nc4ccc([N+](=O)[O-])cc4s3)ccc21. The van der Waals surface area contributed by atoms with Crippen LogP contribution in [-0.2, 0) is 11.3 Å². The first-order valence-corrected chi connectivity index (χ1v) is 11.8. The lowest BCUT2D eigenvalue weighted by atomic mass is 10.1. The van der Waals surface area contributed by atoms with Crippen LogP contribution in [0.15, 0.2) is 65.0 Å². The van der Waals surface area contributed by atoms with E-state index in [1.165, 1.54) is 46.1 Å². The van der Waals surface area contributed by atoms with E-state index in [4.69, 9.17) is 0 Å². The number of nitrogens with one attached hydrogen (secondary N) is 1. The van der Waals surface area contributed by atoms with Crippen molar-refractivity contribution < 1.29 is 9.72 Å². The summed E-state index contributed by atoms with van der Waals surface area (Å²) in [5.74, 6) is 0.0789. The minimum absolute atomic E-state index is 0.0373. The number of rotatable bonds is 6. The molecule has 0 atom stereocenters. The van der Waals surface area contributed by atoms with Gasteiger partial charge in [0.25, 0.3) is 5.69 Å². The van der Waals surface area contributed by atoms with E-state index in [-0.39, 0.29) is 17.3 Å². The summed E-state index contributed by atoms with van der Waals surface area (Å²) in [7, 11) is 0. The lowest BCUT2D eigenvalue weighted by molar-refractivity contribution is -0.384.